The first-order valence-corrected chi connectivity index (χ1v) is 17.1. The molecule has 4 heterocycles. The van der Waals surface area contributed by atoms with Crippen LogP contribution in [-0.2, 0) is 30.6 Å². The molecule has 6 rings (SSSR count). The van der Waals surface area contributed by atoms with Gasteiger partial charge in [0, 0.05) is 18.9 Å². The third-order valence-corrected chi connectivity index (χ3v) is 11.4. The van der Waals surface area contributed by atoms with Crippen molar-refractivity contribution >= 4 is 11.8 Å². The van der Waals surface area contributed by atoms with E-state index >= 15 is 0 Å². The molecule has 5 nitrogen and oxygen atoms in total. The summed E-state index contributed by atoms with van der Waals surface area (Å²) in [5.74, 6) is 2.17. The molecule has 1 aromatic rings. The molecule has 4 aliphatic heterocycles. The van der Waals surface area contributed by atoms with Crippen LogP contribution in [0.4, 0.5) is 4.39 Å². The molecule has 1 aromatic carbocycles. The van der Waals surface area contributed by atoms with Crippen molar-refractivity contribution in [2.75, 3.05) is 12.4 Å². The highest BCUT2D eigenvalue weighted by Crippen LogP contribution is 2.61. The molecule has 1 aliphatic carbocycles. The highest BCUT2D eigenvalue weighted by Gasteiger charge is 2.69. The number of fused-ring (bicyclic) bond motifs is 2. The van der Waals surface area contributed by atoms with Crippen LogP contribution in [0.3, 0.4) is 0 Å². The highest BCUT2D eigenvalue weighted by molar-refractivity contribution is 7.99. The van der Waals surface area contributed by atoms with Crippen LogP contribution >= 0.6 is 11.8 Å². The van der Waals surface area contributed by atoms with Crippen molar-refractivity contribution in [2.45, 2.75) is 134 Å². The fraction of sp³-hybridized carbons (Fsp3) is 0.818. The van der Waals surface area contributed by atoms with Crippen LogP contribution in [0.25, 0.3) is 0 Å². The average Bonchev–Trinajstić information content (AvgIpc) is 3.18. The molecule has 1 spiro atoms. The summed E-state index contributed by atoms with van der Waals surface area (Å²) in [6.45, 7) is 8.10. The summed E-state index contributed by atoms with van der Waals surface area (Å²) >= 11 is 1.99. The van der Waals surface area contributed by atoms with E-state index in [1.54, 1.807) is 12.1 Å². The van der Waals surface area contributed by atoms with Gasteiger partial charge in [-0.15, -0.1) is 11.8 Å². The summed E-state index contributed by atoms with van der Waals surface area (Å²) in [5, 5.41) is 0. The Morgan fingerprint density at radius 2 is 1.57 bits per heavy atom. The number of hydrogen-bond donors (Lipinski definition) is 0. The Morgan fingerprint density at radius 1 is 0.875 bits per heavy atom. The van der Waals surface area contributed by atoms with Crippen LogP contribution in [0.5, 0.6) is 0 Å². The number of ether oxygens (including phenoxy) is 3. The Bertz CT molecular complexity index is 917. The zero-order valence-electron chi connectivity index (χ0n) is 24.9. The standard InChI is InChI=1S/C33H51FO5S/c1-24-13-18-29-25(2)30(36-31-33(29)28(24)19-20-32(3,37-31)38-39-33)40-22-12-10-8-6-4-5-7-9-11-21-35-23-26-14-16-27(34)17-15-26/h14-17,24-25,28-31H,4-13,18-23H2,1-3H3/t24-,25-,28+,29+,30+,31-,32?,33-/m1/s1. The van der Waals surface area contributed by atoms with Gasteiger partial charge in [0.1, 0.15) is 11.3 Å². The fourth-order valence-electron chi connectivity index (χ4n) is 7.58. The Labute approximate surface area is 245 Å². The Balaban J connectivity index is 0.915. The minimum absolute atomic E-state index is 0.168. The van der Waals surface area contributed by atoms with Crippen LogP contribution in [0.2, 0.25) is 0 Å². The molecule has 1 unspecified atom stereocenters. The van der Waals surface area contributed by atoms with Gasteiger partial charge in [0.15, 0.2) is 11.9 Å². The summed E-state index contributed by atoms with van der Waals surface area (Å²) in [6.07, 6.45) is 15.5. The van der Waals surface area contributed by atoms with Crippen LogP contribution < -0.4 is 0 Å². The summed E-state index contributed by atoms with van der Waals surface area (Å²) in [7, 11) is 0. The minimum atomic E-state index is -0.688. The third kappa shape index (κ3) is 7.08. The van der Waals surface area contributed by atoms with Crippen molar-refractivity contribution in [3.63, 3.8) is 0 Å². The fourth-order valence-corrected chi connectivity index (χ4v) is 8.85. The lowest BCUT2D eigenvalue weighted by molar-refractivity contribution is -0.568. The predicted octanol–water partition coefficient (Wildman–Crippen LogP) is 8.79. The zero-order valence-corrected chi connectivity index (χ0v) is 25.7. The van der Waals surface area contributed by atoms with E-state index in [-0.39, 0.29) is 17.5 Å². The van der Waals surface area contributed by atoms with E-state index in [2.05, 4.69) is 13.8 Å². The first-order valence-electron chi connectivity index (χ1n) is 16.1. The number of rotatable bonds is 15. The molecule has 0 N–H and O–H groups in total. The van der Waals surface area contributed by atoms with Gasteiger partial charge in [-0.1, -0.05) is 70.9 Å². The normalized spacial score (nSPS) is 36.8. The highest BCUT2D eigenvalue weighted by atomic mass is 32.2. The number of unbranched alkanes of at least 4 members (excludes halogenated alkanes) is 8. The van der Waals surface area contributed by atoms with E-state index in [1.807, 2.05) is 18.7 Å². The van der Waals surface area contributed by atoms with E-state index < -0.39 is 11.4 Å². The second-order valence-corrected chi connectivity index (χ2v) is 14.2. The van der Waals surface area contributed by atoms with Gasteiger partial charge < -0.3 is 14.2 Å². The maximum atomic E-state index is 12.9. The van der Waals surface area contributed by atoms with E-state index in [0.29, 0.717) is 30.3 Å². The molecule has 0 radical (unpaired) electrons. The Hall–Kier alpha value is -0.700. The Kier molecular flexibility index (Phi) is 10.9. The lowest BCUT2D eigenvalue weighted by Crippen LogP contribution is -2.70. The number of thioether (sulfide) groups is 1. The lowest BCUT2D eigenvalue weighted by Gasteiger charge is -2.60. The molecule has 5 fully saturated rings. The van der Waals surface area contributed by atoms with E-state index in [4.69, 9.17) is 24.0 Å². The van der Waals surface area contributed by atoms with Gasteiger partial charge in [0.05, 0.1) is 6.61 Å². The summed E-state index contributed by atoms with van der Waals surface area (Å²) in [5.41, 5.74) is 0.757. The molecular weight excluding hydrogens is 527 g/mol. The van der Waals surface area contributed by atoms with Gasteiger partial charge in [-0.05, 0) is 80.2 Å². The van der Waals surface area contributed by atoms with Gasteiger partial charge in [-0.2, -0.15) is 0 Å². The third-order valence-electron chi connectivity index (χ3n) is 9.99. The van der Waals surface area contributed by atoms with Gasteiger partial charge in [0.25, 0.3) is 0 Å². The molecule has 40 heavy (non-hydrogen) atoms. The van der Waals surface area contributed by atoms with Crippen molar-refractivity contribution in [1.29, 1.82) is 0 Å². The molecule has 4 saturated heterocycles. The number of benzene rings is 1. The first kappa shape index (κ1) is 30.7. The molecule has 0 amide bonds. The van der Waals surface area contributed by atoms with E-state index in [1.165, 1.54) is 76.3 Å². The second kappa shape index (κ2) is 14.2. The van der Waals surface area contributed by atoms with Crippen molar-refractivity contribution < 1.29 is 28.4 Å². The smallest absolute Gasteiger partial charge is 0.201 e. The van der Waals surface area contributed by atoms with Crippen LogP contribution in [0.1, 0.15) is 110 Å². The molecule has 5 aliphatic rings. The second-order valence-electron chi connectivity index (χ2n) is 13.0. The number of hydrogen-bond acceptors (Lipinski definition) is 6. The van der Waals surface area contributed by atoms with Crippen LogP contribution in [0, 0.1) is 29.5 Å². The van der Waals surface area contributed by atoms with Crippen molar-refractivity contribution in [3.05, 3.63) is 35.6 Å². The quantitative estimate of drug-likeness (QED) is 0.153. The average molecular weight is 579 g/mol. The van der Waals surface area contributed by atoms with Gasteiger partial charge in [-0.25, -0.2) is 14.2 Å². The van der Waals surface area contributed by atoms with Crippen molar-refractivity contribution in [3.8, 4) is 0 Å². The summed E-state index contributed by atoms with van der Waals surface area (Å²) in [6, 6.07) is 6.56. The number of halogens is 1. The largest absolute Gasteiger partial charge is 0.377 e. The minimum Gasteiger partial charge on any atom is -0.377 e. The zero-order chi connectivity index (χ0) is 28.0. The first-order chi connectivity index (χ1) is 19.4. The van der Waals surface area contributed by atoms with Crippen LogP contribution in [-0.4, -0.2) is 35.5 Å². The summed E-state index contributed by atoms with van der Waals surface area (Å²) in [4.78, 5) is 12.2. The molecule has 1 saturated carbocycles. The molecule has 226 valence electrons. The topological polar surface area (TPSA) is 46.2 Å². The monoisotopic (exact) mass is 578 g/mol. The van der Waals surface area contributed by atoms with Crippen molar-refractivity contribution in [1.82, 2.24) is 0 Å². The van der Waals surface area contributed by atoms with Crippen LogP contribution in [0.15, 0.2) is 24.3 Å². The molecule has 2 bridgehead atoms. The SMILES string of the molecule is C[C@H]1[C@H](SCCCCCCCCCCCOCc2ccc(F)cc2)O[C@@H]2OC3(C)CC[C@H]4[C@H](C)CC[C@@H]1[C@@]24OO3. The van der Waals surface area contributed by atoms with Gasteiger partial charge >= 0.3 is 0 Å². The Morgan fingerprint density at radius 3 is 2.33 bits per heavy atom. The van der Waals surface area contributed by atoms with E-state index in [9.17, 15) is 4.39 Å². The maximum Gasteiger partial charge on any atom is 0.201 e. The summed E-state index contributed by atoms with van der Waals surface area (Å²) < 4.78 is 31.9. The maximum absolute atomic E-state index is 12.9. The van der Waals surface area contributed by atoms with Gasteiger partial charge in [-0.3, -0.25) is 0 Å². The predicted molar refractivity (Wildman–Crippen MR) is 157 cm³/mol. The van der Waals surface area contributed by atoms with Crippen molar-refractivity contribution in [2.24, 2.45) is 23.7 Å². The molecular formula is C33H51FO5S. The lowest BCUT2D eigenvalue weighted by atomic mass is 9.58. The van der Waals surface area contributed by atoms with Gasteiger partial charge in [0.2, 0.25) is 5.79 Å². The molecule has 8 atom stereocenters. The molecule has 7 heteroatoms. The molecule has 0 aromatic heterocycles. The van der Waals surface area contributed by atoms with E-state index in [0.717, 1.165) is 37.2 Å².